The fourth-order valence-corrected chi connectivity index (χ4v) is 3.92. The Morgan fingerprint density at radius 1 is 1.06 bits per heavy atom. The summed E-state index contributed by atoms with van der Waals surface area (Å²) in [5.74, 6) is -0.356. The Morgan fingerprint density at radius 3 is 2.49 bits per heavy atom. The molecule has 0 aliphatic carbocycles. The van der Waals surface area contributed by atoms with E-state index in [1.54, 1.807) is 11.7 Å². The molecular formula is C27H29N3O5. The van der Waals surface area contributed by atoms with E-state index in [-0.39, 0.29) is 23.7 Å². The summed E-state index contributed by atoms with van der Waals surface area (Å²) in [6, 6.07) is 15.1. The minimum atomic E-state index is -0.607. The molecule has 8 nitrogen and oxygen atoms in total. The van der Waals surface area contributed by atoms with Crippen molar-refractivity contribution in [3.05, 3.63) is 99.0 Å². The highest BCUT2D eigenvalue weighted by molar-refractivity contribution is 5.99. The molecule has 0 bridgehead atoms. The first kappa shape index (κ1) is 24.2. The van der Waals surface area contributed by atoms with Crippen molar-refractivity contribution in [3.63, 3.8) is 0 Å². The molecular weight excluding hydrogens is 446 g/mol. The Balaban J connectivity index is 1.62. The zero-order valence-electron chi connectivity index (χ0n) is 19.9. The van der Waals surface area contributed by atoms with Crippen LogP contribution >= 0.6 is 0 Å². The lowest BCUT2D eigenvalue weighted by molar-refractivity contribution is 0.0928. The van der Waals surface area contributed by atoms with Crippen LogP contribution in [0.1, 0.15) is 43.8 Å². The Kier molecular flexibility index (Phi) is 7.62. The molecule has 0 spiro atoms. The highest BCUT2D eigenvalue weighted by Crippen LogP contribution is 2.14. The molecule has 1 aliphatic heterocycles. The minimum absolute atomic E-state index is 0.0808. The number of amides is 2. The fraction of sp³-hybridized carbons (Fsp3) is 0.296. The molecule has 8 heteroatoms. The molecule has 4 rings (SSSR count). The SMILES string of the molecule is COc1cccc(Cn2cc(C(=O)NCc3ccc(C)cc3)c(=O)c(C(=O)NC3CCOC3)c2)c1. The highest BCUT2D eigenvalue weighted by Gasteiger charge is 2.23. The number of pyridine rings is 1. The van der Waals surface area contributed by atoms with Crippen LogP contribution in [0.15, 0.2) is 65.7 Å². The van der Waals surface area contributed by atoms with E-state index >= 15 is 0 Å². The normalized spacial score (nSPS) is 15.0. The summed E-state index contributed by atoms with van der Waals surface area (Å²) in [7, 11) is 1.59. The maximum absolute atomic E-state index is 13.2. The van der Waals surface area contributed by atoms with Crippen LogP contribution in [0, 0.1) is 6.92 Å². The van der Waals surface area contributed by atoms with Gasteiger partial charge in [0.05, 0.1) is 19.8 Å². The van der Waals surface area contributed by atoms with Gasteiger partial charge in [-0.3, -0.25) is 14.4 Å². The summed E-state index contributed by atoms with van der Waals surface area (Å²) in [5, 5.41) is 5.65. The number of aryl methyl sites for hydroxylation is 1. The van der Waals surface area contributed by atoms with E-state index in [1.807, 2.05) is 55.5 Å². The molecule has 0 radical (unpaired) electrons. The number of aromatic nitrogens is 1. The van der Waals surface area contributed by atoms with Crippen LogP contribution in [-0.4, -0.2) is 42.7 Å². The van der Waals surface area contributed by atoms with E-state index in [4.69, 9.17) is 9.47 Å². The summed E-state index contributed by atoms with van der Waals surface area (Å²) < 4.78 is 12.3. The van der Waals surface area contributed by atoms with Gasteiger partial charge in [-0.2, -0.15) is 0 Å². The highest BCUT2D eigenvalue weighted by atomic mass is 16.5. The van der Waals surface area contributed by atoms with Crippen molar-refractivity contribution in [1.82, 2.24) is 15.2 Å². The molecule has 1 saturated heterocycles. The van der Waals surface area contributed by atoms with E-state index in [0.29, 0.717) is 31.9 Å². The maximum Gasteiger partial charge on any atom is 0.257 e. The number of nitrogens with zero attached hydrogens (tertiary/aromatic N) is 1. The number of hydrogen-bond acceptors (Lipinski definition) is 5. The van der Waals surface area contributed by atoms with Crippen molar-refractivity contribution in [2.24, 2.45) is 0 Å². The van der Waals surface area contributed by atoms with Gasteiger partial charge in [0.1, 0.15) is 16.9 Å². The van der Waals surface area contributed by atoms with Crippen molar-refractivity contribution < 1.29 is 19.1 Å². The molecule has 2 amide bonds. The Morgan fingerprint density at radius 2 is 1.80 bits per heavy atom. The molecule has 2 N–H and O–H groups in total. The van der Waals surface area contributed by atoms with Crippen LogP contribution in [0.3, 0.4) is 0 Å². The summed E-state index contributed by atoms with van der Waals surface area (Å²) in [4.78, 5) is 39.2. The van der Waals surface area contributed by atoms with Gasteiger partial charge in [-0.15, -0.1) is 0 Å². The molecule has 1 unspecified atom stereocenters. The fourth-order valence-electron chi connectivity index (χ4n) is 3.92. The Labute approximate surface area is 203 Å². The van der Waals surface area contributed by atoms with E-state index in [1.165, 1.54) is 12.4 Å². The first-order valence-corrected chi connectivity index (χ1v) is 11.5. The van der Waals surface area contributed by atoms with Crippen LogP contribution in [0.25, 0.3) is 0 Å². The van der Waals surface area contributed by atoms with Crippen molar-refractivity contribution >= 4 is 11.8 Å². The second-order valence-corrected chi connectivity index (χ2v) is 8.64. The molecule has 2 aromatic carbocycles. The van der Waals surface area contributed by atoms with Crippen LogP contribution in [0.4, 0.5) is 0 Å². The predicted octanol–water partition coefficient (Wildman–Crippen LogP) is 2.66. The maximum atomic E-state index is 13.2. The molecule has 35 heavy (non-hydrogen) atoms. The van der Waals surface area contributed by atoms with Gasteiger partial charge in [0.15, 0.2) is 0 Å². The minimum Gasteiger partial charge on any atom is -0.497 e. The lowest BCUT2D eigenvalue weighted by atomic mass is 10.1. The monoisotopic (exact) mass is 475 g/mol. The largest absolute Gasteiger partial charge is 0.497 e. The van der Waals surface area contributed by atoms with Crippen molar-refractivity contribution in [2.45, 2.75) is 32.5 Å². The Hall–Kier alpha value is -3.91. The van der Waals surface area contributed by atoms with Gasteiger partial charge in [0, 0.05) is 32.1 Å². The van der Waals surface area contributed by atoms with Gasteiger partial charge in [-0.05, 0) is 36.6 Å². The summed E-state index contributed by atoms with van der Waals surface area (Å²) in [6.45, 7) is 3.57. The lowest BCUT2D eigenvalue weighted by Crippen LogP contribution is -2.39. The van der Waals surface area contributed by atoms with Gasteiger partial charge in [0.2, 0.25) is 5.43 Å². The topological polar surface area (TPSA) is 98.7 Å². The van der Waals surface area contributed by atoms with Crippen LogP contribution in [0.5, 0.6) is 5.75 Å². The Bertz CT molecular complexity index is 1260. The van der Waals surface area contributed by atoms with E-state index in [2.05, 4.69) is 10.6 Å². The number of benzene rings is 2. The third-order valence-electron chi connectivity index (χ3n) is 5.91. The van der Waals surface area contributed by atoms with Gasteiger partial charge in [0.25, 0.3) is 11.8 Å². The number of carbonyl (C=O) groups is 2. The van der Waals surface area contributed by atoms with Crippen molar-refractivity contribution in [2.75, 3.05) is 20.3 Å². The smallest absolute Gasteiger partial charge is 0.257 e. The second kappa shape index (κ2) is 11.0. The van der Waals surface area contributed by atoms with E-state index in [9.17, 15) is 14.4 Å². The van der Waals surface area contributed by atoms with Gasteiger partial charge in [-0.1, -0.05) is 42.0 Å². The van der Waals surface area contributed by atoms with Gasteiger partial charge < -0.3 is 24.7 Å². The number of rotatable bonds is 8. The molecule has 3 aromatic rings. The van der Waals surface area contributed by atoms with E-state index in [0.717, 1.165) is 16.7 Å². The first-order chi connectivity index (χ1) is 16.9. The molecule has 1 fully saturated rings. The molecule has 1 aliphatic rings. The predicted molar refractivity (Wildman–Crippen MR) is 132 cm³/mol. The van der Waals surface area contributed by atoms with Gasteiger partial charge >= 0.3 is 0 Å². The quantitative estimate of drug-likeness (QED) is 0.522. The lowest BCUT2D eigenvalue weighted by Gasteiger charge is -2.15. The molecule has 0 saturated carbocycles. The van der Waals surface area contributed by atoms with Gasteiger partial charge in [-0.25, -0.2) is 0 Å². The first-order valence-electron chi connectivity index (χ1n) is 11.5. The summed E-state index contributed by atoms with van der Waals surface area (Å²) in [6.07, 6.45) is 3.66. The van der Waals surface area contributed by atoms with Crippen LogP contribution in [-0.2, 0) is 17.8 Å². The molecule has 182 valence electrons. The average Bonchev–Trinajstić information content (AvgIpc) is 3.37. The number of ether oxygens (including phenoxy) is 2. The van der Waals surface area contributed by atoms with Crippen molar-refractivity contribution in [3.8, 4) is 5.75 Å². The second-order valence-electron chi connectivity index (χ2n) is 8.64. The molecule has 2 heterocycles. The number of carbonyl (C=O) groups excluding carboxylic acids is 2. The number of methoxy groups -OCH3 is 1. The molecule has 1 aromatic heterocycles. The average molecular weight is 476 g/mol. The zero-order chi connectivity index (χ0) is 24.8. The van der Waals surface area contributed by atoms with E-state index < -0.39 is 17.2 Å². The summed E-state index contributed by atoms with van der Waals surface area (Å²) >= 11 is 0. The molecule has 1 atom stereocenters. The zero-order valence-corrected chi connectivity index (χ0v) is 19.9. The number of hydrogen-bond donors (Lipinski definition) is 2. The standard InChI is InChI=1S/C27H29N3O5/c1-18-6-8-19(9-7-18)13-28-26(32)23-15-30(14-20-4-3-5-22(12-20)34-2)16-24(25(23)31)27(33)29-21-10-11-35-17-21/h3-9,12,15-16,21H,10-11,13-14,17H2,1-2H3,(H,28,32)(H,29,33). The van der Waals surface area contributed by atoms with Crippen LogP contribution in [0.2, 0.25) is 0 Å². The van der Waals surface area contributed by atoms with Crippen molar-refractivity contribution in [1.29, 1.82) is 0 Å². The number of nitrogens with one attached hydrogen (secondary N) is 2. The summed E-state index contributed by atoms with van der Waals surface area (Å²) in [5.41, 5.74) is 2.15. The third kappa shape index (κ3) is 6.16. The van der Waals surface area contributed by atoms with Crippen LogP contribution < -0.4 is 20.8 Å². The third-order valence-corrected chi connectivity index (χ3v) is 5.91.